The Bertz CT molecular complexity index is 175. The van der Waals surface area contributed by atoms with Crippen LogP contribution < -0.4 is 5.32 Å². The third-order valence-corrected chi connectivity index (χ3v) is 4.25. The third kappa shape index (κ3) is 3.46. The monoisotopic (exact) mass is 210 g/mol. The van der Waals surface area contributed by atoms with Crippen molar-refractivity contribution in [2.24, 2.45) is 11.8 Å². The first kappa shape index (κ1) is 11.4. The predicted molar refractivity (Wildman–Crippen MR) is 65.0 cm³/mol. The Morgan fingerprint density at radius 1 is 1.13 bits per heavy atom. The molecule has 1 N–H and O–H groups in total. The van der Waals surface area contributed by atoms with Crippen LogP contribution in [0.1, 0.15) is 39.0 Å². The van der Waals surface area contributed by atoms with Crippen molar-refractivity contribution in [2.45, 2.75) is 39.0 Å². The van der Waals surface area contributed by atoms with Gasteiger partial charge in [0.25, 0.3) is 0 Å². The summed E-state index contributed by atoms with van der Waals surface area (Å²) < 4.78 is 0. The molecule has 2 nitrogen and oxygen atoms in total. The molecule has 1 saturated carbocycles. The summed E-state index contributed by atoms with van der Waals surface area (Å²) in [5.41, 5.74) is 0. The highest BCUT2D eigenvalue weighted by atomic mass is 15.1. The fourth-order valence-corrected chi connectivity index (χ4v) is 3.06. The van der Waals surface area contributed by atoms with Crippen LogP contribution in [0, 0.1) is 11.8 Å². The van der Waals surface area contributed by atoms with Gasteiger partial charge in [-0.05, 0) is 50.7 Å². The van der Waals surface area contributed by atoms with Gasteiger partial charge in [0.2, 0.25) is 0 Å². The molecule has 0 aromatic heterocycles. The summed E-state index contributed by atoms with van der Waals surface area (Å²) in [6.45, 7) is 8.81. The maximum absolute atomic E-state index is 3.64. The van der Waals surface area contributed by atoms with E-state index >= 15 is 0 Å². The molecular weight excluding hydrogens is 184 g/mol. The van der Waals surface area contributed by atoms with Gasteiger partial charge < -0.3 is 10.2 Å². The van der Waals surface area contributed by atoms with E-state index < -0.39 is 0 Å². The van der Waals surface area contributed by atoms with Crippen molar-refractivity contribution in [3.05, 3.63) is 0 Å². The van der Waals surface area contributed by atoms with Crippen molar-refractivity contribution < 1.29 is 0 Å². The molecule has 0 radical (unpaired) electrons. The lowest BCUT2D eigenvalue weighted by Crippen LogP contribution is -2.33. The smallest absolute Gasteiger partial charge is 0.0107 e. The number of hydrogen-bond acceptors (Lipinski definition) is 2. The topological polar surface area (TPSA) is 15.3 Å². The van der Waals surface area contributed by atoms with Crippen LogP contribution in [0.2, 0.25) is 0 Å². The van der Waals surface area contributed by atoms with Gasteiger partial charge in [0.1, 0.15) is 0 Å². The minimum atomic E-state index is 0.962. The highest BCUT2D eigenvalue weighted by Crippen LogP contribution is 2.30. The number of likely N-dealkylation sites (tertiary alicyclic amines) is 1. The van der Waals surface area contributed by atoms with Crippen molar-refractivity contribution in [1.82, 2.24) is 10.2 Å². The standard InChI is InChI=1S/C13H26N2/c1-12-5-4-6-13(12)11-14-7-10-15-8-2-3-9-15/h12-14H,2-11H2,1H3. The molecular formula is C13H26N2. The molecule has 1 saturated heterocycles. The van der Waals surface area contributed by atoms with Gasteiger partial charge in [-0.25, -0.2) is 0 Å². The van der Waals surface area contributed by atoms with Gasteiger partial charge in [-0.2, -0.15) is 0 Å². The molecule has 1 heterocycles. The molecule has 2 atom stereocenters. The van der Waals surface area contributed by atoms with E-state index in [0.29, 0.717) is 0 Å². The van der Waals surface area contributed by atoms with Crippen molar-refractivity contribution in [3.8, 4) is 0 Å². The first-order valence-corrected chi connectivity index (χ1v) is 6.79. The second kappa shape index (κ2) is 5.86. The molecule has 2 aliphatic rings. The molecule has 2 rings (SSSR count). The largest absolute Gasteiger partial charge is 0.315 e. The van der Waals surface area contributed by atoms with Gasteiger partial charge in [-0.1, -0.05) is 19.8 Å². The Morgan fingerprint density at radius 3 is 2.60 bits per heavy atom. The zero-order chi connectivity index (χ0) is 10.5. The van der Waals surface area contributed by atoms with Gasteiger partial charge in [0.05, 0.1) is 0 Å². The fourth-order valence-electron chi connectivity index (χ4n) is 3.06. The van der Waals surface area contributed by atoms with Gasteiger partial charge >= 0.3 is 0 Å². The van der Waals surface area contributed by atoms with Crippen LogP contribution in [0.5, 0.6) is 0 Å². The van der Waals surface area contributed by atoms with Gasteiger partial charge in [-0.15, -0.1) is 0 Å². The van der Waals surface area contributed by atoms with Crippen LogP contribution in [0.25, 0.3) is 0 Å². The van der Waals surface area contributed by atoms with Crippen LogP contribution >= 0.6 is 0 Å². The van der Waals surface area contributed by atoms with E-state index in [1.165, 1.54) is 64.8 Å². The molecule has 0 aromatic carbocycles. The third-order valence-electron chi connectivity index (χ3n) is 4.25. The van der Waals surface area contributed by atoms with E-state index in [0.717, 1.165) is 11.8 Å². The minimum absolute atomic E-state index is 0.962. The fraction of sp³-hybridized carbons (Fsp3) is 1.00. The van der Waals surface area contributed by atoms with Crippen LogP contribution in [0.15, 0.2) is 0 Å². The summed E-state index contributed by atoms with van der Waals surface area (Å²) in [6.07, 6.45) is 7.20. The zero-order valence-corrected chi connectivity index (χ0v) is 10.2. The number of nitrogens with zero attached hydrogens (tertiary/aromatic N) is 1. The van der Waals surface area contributed by atoms with Crippen LogP contribution in [0.4, 0.5) is 0 Å². The number of hydrogen-bond donors (Lipinski definition) is 1. The first-order chi connectivity index (χ1) is 7.36. The maximum atomic E-state index is 3.64. The second-order valence-corrected chi connectivity index (χ2v) is 5.42. The van der Waals surface area contributed by atoms with Crippen molar-refractivity contribution in [1.29, 1.82) is 0 Å². The molecule has 0 amide bonds. The molecule has 0 spiro atoms. The minimum Gasteiger partial charge on any atom is -0.315 e. The summed E-state index contributed by atoms with van der Waals surface area (Å²) in [5, 5.41) is 3.64. The average molecular weight is 210 g/mol. The molecule has 1 aliphatic carbocycles. The van der Waals surface area contributed by atoms with Crippen molar-refractivity contribution >= 4 is 0 Å². The normalized spacial score (nSPS) is 32.6. The van der Waals surface area contributed by atoms with Gasteiger partial charge in [-0.3, -0.25) is 0 Å². The van der Waals surface area contributed by atoms with E-state index in [2.05, 4.69) is 17.1 Å². The van der Waals surface area contributed by atoms with E-state index in [1.54, 1.807) is 0 Å². The summed E-state index contributed by atoms with van der Waals surface area (Å²) in [4.78, 5) is 2.59. The zero-order valence-electron chi connectivity index (χ0n) is 10.2. The van der Waals surface area contributed by atoms with Crippen LogP contribution in [-0.2, 0) is 0 Å². The molecule has 2 fully saturated rings. The van der Waals surface area contributed by atoms with E-state index in [9.17, 15) is 0 Å². The molecule has 1 aliphatic heterocycles. The highest BCUT2D eigenvalue weighted by Gasteiger charge is 2.22. The maximum Gasteiger partial charge on any atom is 0.0107 e. The van der Waals surface area contributed by atoms with Crippen molar-refractivity contribution in [2.75, 3.05) is 32.7 Å². The van der Waals surface area contributed by atoms with Gasteiger partial charge in [0, 0.05) is 13.1 Å². The Morgan fingerprint density at radius 2 is 1.93 bits per heavy atom. The lowest BCUT2D eigenvalue weighted by molar-refractivity contribution is 0.322. The number of nitrogens with one attached hydrogen (secondary N) is 1. The molecule has 0 bridgehead atoms. The molecule has 15 heavy (non-hydrogen) atoms. The Labute approximate surface area is 94.4 Å². The lowest BCUT2D eigenvalue weighted by atomic mass is 9.98. The first-order valence-electron chi connectivity index (χ1n) is 6.79. The second-order valence-electron chi connectivity index (χ2n) is 5.42. The van der Waals surface area contributed by atoms with Crippen LogP contribution in [0.3, 0.4) is 0 Å². The molecule has 2 unspecified atom stereocenters. The molecule has 0 aromatic rings. The summed E-state index contributed by atoms with van der Waals surface area (Å²) >= 11 is 0. The molecule has 2 heteroatoms. The molecule has 88 valence electrons. The summed E-state index contributed by atoms with van der Waals surface area (Å²) in [6, 6.07) is 0. The number of rotatable bonds is 5. The summed E-state index contributed by atoms with van der Waals surface area (Å²) in [7, 11) is 0. The van der Waals surface area contributed by atoms with Crippen LogP contribution in [-0.4, -0.2) is 37.6 Å². The average Bonchev–Trinajstić information content (AvgIpc) is 2.85. The lowest BCUT2D eigenvalue weighted by Gasteiger charge is -2.18. The quantitative estimate of drug-likeness (QED) is 0.699. The highest BCUT2D eigenvalue weighted by molar-refractivity contribution is 4.76. The Kier molecular flexibility index (Phi) is 4.45. The van der Waals surface area contributed by atoms with Gasteiger partial charge in [0.15, 0.2) is 0 Å². The summed E-state index contributed by atoms with van der Waals surface area (Å²) in [5.74, 6) is 1.92. The predicted octanol–water partition coefficient (Wildman–Crippen LogP) is 2.11. The SMILES string of the molecule is CC1CCCC1CNCCN1CCCC1. The Balaban J connectivity index is 1.51. The van der Waals surface area contributed by atoms with E-state index in [1.807, 2.05) is 0 Å². The van der Waals surface area contributed by atoms with E-state index in [4.69, 9.17) is 0 Å². The van der Waals surface area contributed by atoms with E-state index in [-0.39, 0.29) is 0 Å². The Hall–Kier alpha value is -0.0800. The van der Waals surface area contributed by atoms with Crippen molar-refractivity contribution in [3.63, 3.8) is 0 Å².